The van der Waals surface area contributed by atoms with Crippen LogP contribution >= 0.6 is 0 Å². The average molecular weight is 323 g/mol. The lowest BCUT2D eigenvalue weighted by Crippen LogP contribution is -2.46. The summed E-state index contributed by atoms with van der Waals surface area (Å²) in [6.45, 7) is 6.51. The lowest BCUT2D eigenvalue weighted by Gasteiger charge is -2.11. The molecule has 0 aliphatic rings. The summed E-state index contributed by atoms with van der Waals surface area (Å²) in [4.78, 5) is 0. The van der Waals surface area contributed by atoms with E-state index < -0.39 is 0 Å². The van der Waals surface area contributed by atoms with Crippen molar-refractivity contribution in [2.24, 2.45) is 14.1 Å². The number of aromatic nitrogens is 3. The molecule has 2 rings (SSSR count). The Balaban J connectivity index is 2.64. The van der Waals surface area contributed by atoms with Gasteiger partial charge in [-0.3, -0.25) is 0 Å². The second-order valence-electron chi connectivity index (χ2n) is 5.85. The average Bonchev–Trinajstić information content (AvgIpc) is 3.01. The van der Waals surface area contributed by atoms with Crippen molar-refractivity contribution >= 4 is 5.57 Å². The van der Waals surface area contributed by atoms with E-state index in [1.165, 1.54) is 16.8 Å². The summed E-state index contributed by atoms with van der Waals surface area (Å²) in [5, 5.41) is 0. The van der Waals surface area contributed by atoms with E-state index >= 15 is 0 Å². The third kappa shape index (κ3) is 3.73. The number of allylic oxidation sites excluding steroid dienone is 6. The molecule has 0 amide bonds. The van der Waals surface area contributed by atoms with Gasteiger partial charge in [-0.2, -0.15) is 0 Å². The van der Waals surface area contributed by atoms with Crippen LogP contribution in [0.4, 0.5) is 0 Å². The van der Waals surface area contributed by atoms with Gasteiger partial charge in [0.25, 0.3) is 0 Å². The number of pyridine rings is 1. The molecule has 24 heavy (non-hydrogen) atoms. The molecule has 3 heteroatoms. The van der Waals surface area contributed by atoms with Crippen molar-refractivity contribution in [2.75, 3.05) is 0 Å². The molecule has 0 N–H and O–H groups in total. The Bertz CT molecular complexity index is 770. The van der Waals surface area contributed by atoms with E-state index in [-0.39, 0.29) is 0 Å². The molecule has 2 heterocycles. The fourth-order valence-corrected chi connectivity index (χ4v) is 3.01. The van der Waals surface area contributed by atoms with Crippen molar-refractivity contribution in [1.29, 1.82) is 0 Å². The van der Waals surface area contributed by atoms with Crippen LogP contribution in [0, 0.1) is 0 Å². The summed E-state index contributed by atoms with van der Waals surface area (Å²) < 4.78 is 6.49. The Morgan fingerprint density at radius 2 is 1.83 bits per heavy atom. The Hall–Kier alpha value is -2.42. The van der Waals surface area contributed by atoms with Gasteiger partial charge in [-0.1, -0.05) is 43.7 Å². The highest BCUT2D eigenvalue weighted by Gasteiger charge is 2.21. The Kier molecular flexibility index (Phi) is 6.30. The molecule has 0 aliphatic heterocycles. The van der Waals surface area contributed by atoms with Crippen LogP contribution in [0.25, 0.3) is 11.4 Å². The molecule has 0 radical (unpaired) electrons. The molecule has 0 atom stereocenters. The zero-order chi connectivity index (χ0) is 17.5. The normalized spacial score (nSPS) is 11.5. The van der Waals surface area contributed by atoms with Crippen LogP contribution in [0.2, 0.25) is 0 Å². The summed E-state index contributed by atoms with van der Waals surface area (Å²) in [6.07, 6.45) is 14.8. The lowest BCUT2D eigenvalue weighted by atomic mass is 9.99. The Morgan fingerprint density at radius 1 is 1.08 bits per heavy atom. The first-order valence-corrected chi connectivity index (χ1v) is 8.68. The van der Waals surface area contributed by atoms with Gasteiger partial charge in [0.2, 0.25) is 6.20 Å². The standard InChI is InChI=1S/C21H29N3/c1-6-9-10-13-19(18(7-2)8-3)20-14-11-15-21(23(20)5)24-17-12-16-22(24)4/h6,9-17H,7-8H2,1-5H3/q+2. The minimum atomic E-state index is 1.06. The minimum absolute atomic E-state index is 1.06. The SMILES string of the molecule is CC=CC=CC(=C(CC)CC)c1cccc(-n2ccc[n+]2C)[n+]1C. The van der Waals surface area contributed by atoms with E-state index in [9.17, 15) is 0 Å². The molecule has 2 aromatic heterocycles. The molecule has 3 nitrogen and oxygen atoms in total. The first-order chi connectivity index (χ1) is 11.6. The maximum Gasteiger partial charge on any atom is 0.342 e. The van der Waals surface area contributed by atoms with Gasteiger partial charge in [-0.25, -0.2) is 4.57 Å². The predicted octanol–water partition coefficient (Wildman–Crippen LogP) is 3.83. The second-order valence-corrected chi connectivity index (χ2v) is 5.85. The van der Waals surface area contributed by atoms with Gasteiger partial charge in [0.05, 0.1) is 13.1 Å². The maximum absolute atomic E-state index is 2.26. The number of nitrogens with zero attached hydrogens (tertiary/aromatic N) is 3. The van der Waals surface area contributed by atoms with Crippen molar-refractivity contribution in [3.63, 3.8) is 0 Å². The second kappa shape index (κ2) is 8.44. The van der Waals surface area contributed by atoms with Crippen molar-refractivity contribution in [2.45, 2.75) is 33.6 Å². The van der Waals surface area contributed by atoms with Gasteiger partial charge < -0.3 is 0 Å². The molecule has 0 saturated heterocycles. The largest absolute Gasteiger partial charge is 0.342 e. The third-order valence-electron chi connectivity index (χ3n) is 4.38. The molecule has 0 bridgehead atoms. The molecule has 0 spiro atoms. The lowest BCUT2D eigenvalue weighted by molar-refractivity contribution is -0.765. The van der Waals surface area contributed by atoms with E-state index in [4.69, 9.17) is 0 Å². The van der Waals surface area contributed by atoms with Gasteiger partial charge in [-0.15, -0.1) is 0 Å². The first-order valence-electron chi connectivity index (χ1n) is 8.68. The number of hydrogen-bond acceptors (Lipinski definition) is 0. The van der Waals surface area contributed by atoms with Crippen LogP contribution in [-0.4, -0.2) is 4.68 Å². The monoisotopic (exact) mass is 323 g/mol. The summed E-state index contributed by atoms with van der Waals surface area (Å²) in [5.74, 6) is 1.14. The zero-order valence-electron chi connectivity index (χ0n) is 15.5. The molecule has 0 aliphatic carbocycles. The minimum Gasteiger partial charge on any atom is -0.225 e. The summed E-state index contributed by atoms with van der Waals surface area (Å²) in [6, 6.07) is 8.54. The molecule has 0 fully saturated rings. The molecule has 0 unspecified atom stereocenters. The highest BCUT2D eigenvalue weighted by molar-refractivity contribution is 5.73. The molecule has 0 aromatic carbocycles. The smallest absolute Gasteiger partial charge is 0.225 e. The number of rotatable bonds is 6. The summed E-state index contributed by atoms with van der Waals surface area (Å²) in [7, 11) is 4.19. The van der Waals surface area contributed by atoms with Crippen molar-refractivity contribution in [3.8, 4) is 5.82 Å². The van der Waals surface area contributed by atoms with Crippen LogP contribution in [-0.2, 0) is 14.1 Å². The van der Waals surface area contributed by atoms with Gasteiger partial charge in [-0.05, 0) is 36.6 Å². The fraction of sp³-hybridized carbons (Fsp3) is 0.333. The van der Waals surface area contributed by atoms with Crippen LogP contribution in [0.1, 0.15) is 39.3 Å². The van der Waals surface area contributed by atoms with E-state index in [0.29, 0.717) is 0 Å². The third-order valence-corrected chi connectivity index (χ3v) is 4.38. The summed E-state index contributed by atoms with van der Waals surface area (Å²) in [5.41, 5.74) is 4.03. The Morgan fingerprint density at radius 3 is 2.42 bits per heavy atom. The highest BCUT2D eigenvalue weighted by atomic mass is 15.4. The Labute approximate surface area is 145 Å². The maximum atomic E-state index is 2.26. The van der Waals surface area contributed by atoms with E-state index in [0.717, 1.165) is 18.7 Å². The van der Waals surface area contributed by atoms with Crippen molar-refractivity contribution in [1.82, 2.24) is 4.68 Å². The van der Waals surface area contributed by atoms with Crippen molar-refractivity contribution < 1.29 is 9.25 Å². The predicted molar refractivity (Wildman–Crippen MR) is 99.6 cm³/mol. The van der Waals surface area contributed by atoms with E-state index in [1.807, 2.05) is 6.92 Å². The number of hydrogen-bond donors (Lipinski definition) is 0. The molecular weight excluding hydrogens is 294 g/mol. The topological polar surface area (TPSA) is 12.7 Å². The van der Waals surface area contributed by atoms with Crippen LogP contribution < -0.4 is 9.25 Å². The van der Waals surface area contributed by atoms with Crippen LogP contribution in [0.3, 0.4) is 0 Å². The van der Waals surface area contributed by atoms with Crippen LogP contribution in [0.5, 0.6) is 0 Å². The molecule has 126 valence electrons. The molecular formula is C21H29N3+2. The molecule has 0 saturated carbocycles. The quantitative estimate of drug-likeness (QED) is 0.566. The van der Waals surface area contributed by atoms with Crippen LogP contribution in [0.15, 0.2) is 66.5 Å². The van der Waals surface area contributed by atoms with Gasteiger partial charge >= 0.3 is 5.82 Å². The summed E-state index contributed by atoms with van der Waals surface area (Å²) >= 11 is 0. The number of aryl methyl sites for hydroxylation is 1. The highest BCUT2D eigenvalue weighted by Crippen LogP contribution is 2.23. The van der Waals surface area contributed by atoms with E-state index in [1.54, 1.807) is 0 Å². The van der Waals surface area contributed by atoms with Crippen molar-refractivity contribution in [3.05, 3.63) is 72.2 Å². The van der Waals surface area contributed by atoms with Gasteiger partial charge in [0, 0.05) is 16.3 Å². The van der Waals surface area contributed by atoms with Gasteiger partial charge in [0.15, 0.2) is 13.2 Å². The first kappa shape index (κ1) is 17.9. The molecule has 2 aromatic rings. The van der Waals surface area contributed by atoms with Gasteiger partial charge in [0.1, 0.15) is 5.69 Å². The zero-order valence-corrected chi connectivity index (χ0v) is 15.5. The fourth-order valence-electron chi connectivity index (χ4n) is 3.01. The van der Waals surface area contributed by atoms with E-state index in [2.05, 4.69) is 103 Å².